The molecule has 2 N–H and O–H groups in total. The van der Waals surface area contributed by atoms with Crippen molar-refractivity contribution in [2.75, 3.05) is 11.6 Å². The molecule has 0 fully saturated rings. The lowest BCUT2D eigenvalue weighted by atomic mass is 10.1. The lowest BCUT2D eigenvalue weighted by Crippen LogP contribution is -2.06. The van der Waals surface area contributed by atoms with Crippen LogP contribution in [-0.2, 0) is 23.0 Å². The van der Waals surface area contributed by atoms with E-state index in [9.17, 15) is 8.42 Å². The third kappa shape index (κ3) is 3.59. The number of hydrogen-bond donors (Lipinski definition) is 2. The standard InChI is InChI=1S/C15H17NO3S/c1-20(18,19)15-5-3-2-4-14(15)16-10-12-6-8-13(11-17)9-7-12/h2-9,16-17H,10-11H2,1H3. The van der Waals surface area contributed by atoms with Crippen LogP contribution in [0, 0.1) is 0 Å². The van der Waals surface area contributed by atoms with E-state index in [-0.39, 0.29) is 6.61 Å². The van der Waals surface area contributed by atoms with Crippen LogP contribution in [0.3, 0.4) is 0 Å². The fraction of sp³-hybridized carbons (Fsp3) is 0.200. The highest BCUT2D eigenvalue weighted by Gasteiger charge is 2.11. The molecule has 0 spiro atoms. The Labute approximate surface area is 119 Å². The Morgan fingerprint density at radius 1 is 1.00 bits per heavy atom. The Morgan fingerprint density at radius 2 is 1.60 bits per heavy atom. The summed E-state index contributed by atoms with van der Waals surface area (Å²) in [4.78, 5) is 0.298. The maximum absolute atomic E-state index is 11.7. The number of anilines is 1. The number of hydrogen-bond acceptors (Lipinski definition) is 4. The molecule has 0 aliphatic rings. The lowest BCUT2D eigenvalue weighted by Gasteiger charge is -2.11. The van der Waals surface area contributed by atoms with Crippen molar-refractivity contribution in [3.05, 3.63) is 59.7 Å². The molecule has 106 valence electrons. The van der Waals surface area contributed by atoms with Gasteiger partial charge >= 0.3 is 0 Å². The summed E-state index contributed by atoms with van der Waals surface area (Å²) in [5.74, 6) is 0. The van der Waals surface area contributed by atoms with Gasteiger partial charge in [-0.05, 0) is 23.3 Å². The molecule has 0 amide bonds. The first-order valence-corrected chi connectivity index (χ1v) is 8.11. The molecular weight excluding hydrogens is 274 g/mol. The third-order valence-electron chi connectivity index (χ3n) is 2.98. The highest BCUT2D eigenvalue weighted by atomic mass is 32.2. The van der Waals surface area contributed by atoms with Crippen molar-refractivity contribution in [3.8, 4) is 0 Å². The van der Waals surface area contributed by atoms with Gasteiger partial charge in [-0.3, -0.25) is 0 Å². The average Bonchev–Trinajstić information content (AvgIpc) is 2.45. The van der Waals surface area contributed by atoms with E-state index >= 15 is 0 Å². The van der Waals surface area contributed by atoms with E-state index in [2.05, 4.69) is 5.32 Å². The number of aliphatic hydroxyl groups excluding tert-OH is 1. The molecule has 0 radical (unpaired) electrons. The summed E-state index contributed by atoms with van der Waals surface area (Å²) in [5.41, 5.74) is 2.47. The predicted octanol–water partition coefficient (Wildman–Crippen LogP) is 2.19. The minimum atomic E-state index is -3.24. The number of aliphatic hydroxyl groups is 1. The number of sulfone groups is 1. The second-order valence-electron chi connectivity index (χ2n) is 4.60. The van der Waals surface area contributed by atoms with Crippen LogP contribution in [-0.4, -0.2) is 19.8 Å². The maximum atomic E-state index is 11.7. The fourth-order valence-corrected chi connectivity index (χ4v) is 2.76. The summed E-state index contributed by atoms with van der Waals surface area (Å²) in [6, 6.07) is 14.3. The van der Waals surface area contributed by atoms with Gasteiger partial charge in [0.1, 0.15) is 0 Å². The average molecular weight is 291 g/mol. The van der Waals surface area contributed by atoms with E-state index in [0.717, 1.165) is 11.1 Å². The highest BCUT2D eigenvalue weighted by Crippen LogP contribution is 2.21. The zero-order valence-electron chi connectivity index (χ0n) is 11.2. The summed E-state index contributed by atoms with van der Waals surface area (Å²) >= 11 is 0. The maximum Gasteiger partial charge on any atom is 0.177 e. The van der Waals surface area contributed by atoms with Crippen LogP contribution in [0.4, 0.5) is 5.69 Å². The second kappa shape index (κ2) is 6.07. The number of nitrogens with one attached hydrogen (secondary N) is 1. The summed E-state index contributed by atoms with van der Waals surface area (Å²) in [6.07, 6.45) is 1.20. The van der Waals surface area contributed by atoms with Gasteiger partial charge in [0, 0.05) is 12.8 Å². The second-order valence-corrected chi connectivity index (χ2v) is 6.58. The number of rotatable bonds is 5. The molecule has 0 saturated carbocycles. The van der Waals surface area contributed by atoms with Crippen LogP contribution in [0.1, 0.15) is 11.1 Å². The molecule has 2 aromatic carbocycles. The van der Waals surface area contributed by atoms with Crippen molar-refractivity contribution in [1.82, 2.24) is 0 Å². The molecule has 0 aromatic heterocycles. The first kappa shape index (κ1) is 14.6. The molecule has 0 unspecified atom stereocenters. The minimum absolute atomic E-state index is 0.0185. The molecule has 2 rings (SSSR count). The molecule has 2 aromatic rings. The smallest absolute Gasteiger partial charge is 0.177 e. The molecule has 5 heteroatoms. The monoisotopic (exact) mass is 291 g/mol. The van der Waals surface area contributed by atoms with E-state index < -0.39 is 9.84 Å². The van der Waals surface area contributed by atoms with Crippen molar-refractivity contribution in [1.29, 1.82) is 0 Å². The fourth-order valence-electron chi connectivity index (χ4n) is 1.90. The molecular formula is C15H17NO3S. The molecule has 0 bridgehead atoms. The van der Waals surface area contributed by atoms with Crippen molar-refractivity contribution < 1.29 is 13.5 Å². The van der Waals surface area contributed by atoms with Crippen LogP contribution in [0.25, 0.3) is 0 Å². The first-order chi connectivity index (χ1) is 9.50. The molecule has 0 aliphatic carbocycles. The van der Waals surface area contributed by atoms with Crippen LogP contribution in [0.15, 0.2) is 53.4 Å². The minimum Gasteiger partial charge on any atom is -0.392 e. The third-order valence-corrected chi connectivity index (χ3v) is 4.13. The van der Waals surface area contributed by atoms with E-state index in [1.807, 2.05) is 24.3 Å². The number of para-hydroxylation sites is 1. The van der Waals surface area contributed by atoms with Gasteiger partial charge in [0.25, 0.3) is 0 Å². The Hall–Kier alpha value is -1.85. The van der Waals surface area contributed by atoms with Crippen LogP contribution in [0.5, 0.6) is 0 Å². The summed E-state index contributed by atoms with van der Waals surface area (Å²) in [6.45, 7) is 0.545. The van der Waals surface area contributed by atoms with Gasteiger partial charge in [-0.25, -0.2) is 8.42 Å². The topological polar surface area (TPSA) is 66.4 Å². The van der Waals surface area contributed by atoms with Crippen molar-refractivity contribution in [3.63, 3.8) is 0 Å². The van der Waals surface area contributed by atoms with Gasteiger partial charge in [-0.2, -0.15) is 0 Å². The molecule has 20 heavy (non-hydrogen) atoms. The summed E-state index contributed by atoms with van der Waals surface area (Å²) < 4.78 is 23.4. The molecule has 0 atom stereocenters. The Bertz CT molecular complexity index is 679. The predicted molar refractivity (Wildman–Crippen MR) is 79.2 cm³/mol. The Balaban J connectivity index is 2.15. The van der Waals surface area contributed by atoms with Crippen LogP contribution >= 0.6 is 0 Å². The number of benzene rings is 2. The molecule has 4 nitrogen and oxygen atoms in total. The highest BCUT2D eigenvalue weighted by molar-refractivity contribution is 7.90. The molecule has 0 saturated heterocycles. The van der Waals surface area contributed by atoms with Gasteiger partial charge in [-0.1, -0.05) is 36.4 Å². The van der Waals surface area contributed by atoms with E-state index in [1.54, 1.807) is 24.3 Å². The van der Waals surface area contributed by atoms with E-state index in [1.165, 1.54) is 6.26 Å². The first-order valence-electron chi connectivity index (χ1n) is 6.22. The lowest BCUT2D eigenvalue weighted by molar-refractivity contribution is 0.282. The van der Waals surface area contributed by atoms with Crippen molar-refractivity contribution >= 4 is 15.5 Å². The van der Waals surface area contributed by atoms with Crippen LogP contribution < -0.4 is 5.32 Å². The van der Waals surface area contributed by atoms with Gasteiger partial charge in [0.15, 0.2) is 9.84 Å². The Kier molecular flexibility index (Phi) is 4.42. The molecule has 0 aliphatic heterocycles. The van der Waals surface area contributed by atoms with Gasteiger partial charge in [0.2, 0.25) is 0 Å². The quantitative estimate of drug-likeness (QED) is 0.886. The summed E-state index contributed by atoms with van der Waals surface area (Å²) in [5, 5.41) is 12.1. The SMILES string of the molecule is CS(=O)(=O)c1ccccc1NCc1ccc(CO)cc1. The van der Waals surface area contributed by atoms with Crippen molar-refractivity contribution in [2.45, 2.75) is 18.0 Å². The largest absolute Gasteiger partial charge is 0.392 e. The van der Waals surface area contributed by atoms with E-state index in [0.29, 0.717) is 17.1 Å². The van der Waals surface area contributed by atoms with E-state index in [4.69, 9.17) is 5.11 Å². The Morgan fingerprint density at radius 3 is 2.20 bits per heavy atom. The normalized spacial score (nSPS) is 11.3. The van der Waals surface area contributed by atoms with Gasteiger partial charge in [0.05, 0.1) is 17.2 Å². The molecule has 0 heterocycles. The zero-order valence-corrected chi connectivity index (χ0v) is 12.0. The zero-order chi connectivity index (χ0) is 14.6. The van der Waals surface area contributed by atoms with Crippen molar-refractivity contribution in [2.24, 2.45) is 0 Å². The van der Waals surface area contributed by atoms with Gasteiger partial charge in [-0.15, -0.1) is 0 Å². The summed E-state index contributed by atoms with van der Waals surface area (Å²) in [7, 11) is -3.24. The van der Waals surface area contributed by atoms with Gasteiger partial charge < -0.3 is 10.4 Å². The van der Waals surface area contributed by atoms with Crippen LogP contribution in [0.2, 0.25) is 0 Å².